The van der Waals surface area contributed by atoms with E-state index in [0.717, 1.165) is 0 Å². The number of carbonyl (C=O) groups excluding carboxylic acids is 9. The lowest BCUT2D eigenvalue weighted by Crippen LogP contribution is -2.88. The second kappa shape index (κ2) is 9.54. The molecule has 6 aliphatic heterocycles. The first-order chi connectivity index (χ1) is 22.0. The molecule has 6 rings (SSSR count). The van der Waals surface area contributed by atoms with Crippen LogP contribution >= 0.6 is 0 Å². The Morgan fingerprint density at radius 1 is 0.417 bits per heavy atom. The van der Waals surface area contributed by atoms with Crippen LogP contribution in [0.4, 0.5) is 0 Å². The molecule has 1 spiro atoms. The maximum absolute atomic E-state index is 13.6. The number of aliphatic hydroxyl groups is 6. The summed E-state index contributed by atoms with van der Waals surface area (Å²) in [7, 11) is 0. The Morgan fingerprint density at radius 3 is 1.23 bits per heavy atom. The van der Waals surface area contributed by atoms with E-state index in [9.17, 15) is 73.8 Å². The molecule has 6 fully saturated rings. The summed E-state index contributed by atoms with van der Waals surface area (Å²) in [5.41, 5.74) is -9.77. The molecule has 24 heteroatoms. The Hall–Kier alpha value is -5.01. The second-order valence-electron chi connectivity index (χ2n) is 11.5. The summed E-state index contributed by atoms with van der Waals surface area (Å²) in [6.45, 7) is -2.18. The maximum Gasteiger partial charge on any atom is 0.452 e. The van der Waals surface area contributed by atoms with Gasteiger partial charge >= 0.3 is 82.8 Å². The van der Waals surface area contributed by atoms with Crippen molar-refractivity contribution >= 4 is 53.7 Å². The van der Waals surface area contributed by atoms with E-state index in [1.165, 1.54) is 0 Å². The highest BCUT2D eigenvalue weighted by molar-refractivity contribution is 5.96. The molecule has 0 amide bonds. The Labute approximate surface area is 261 Å². The van der Waals surface area contributed by atoms with Crippen molar-refractivity contribution in [2.75, 3.05) is 6.61 Å². The van der Waals surface area contributed by atoms with Crippen LogP contribution in [-0.2, 0) is 85.8 Å². The summed E-state index contributed by atoms with van der Waals surface area (Å²) in [5.74, 6) is -42.3. The largest absolute Gasteiger partial charge is 0.452 e. The minimum Gasteiger partial charge on any atom is -0.415 e. The van der Waals surface area contributed by atoms with Crippen LogP contribution in [0.15, 0.2) is 0 Å². The van der Waals surface area contributed by atoms with Gasteiger partial charge in [0.25, 0.3) is 0 Å². The minimum atomic E-state index is -5.06. The van der Waals surface area contributed by atoms with Crippen molar-refractivity contribution in [3.05, 3.63) is 0 Å². The summed E-state index contributed by atoms with van der Waals surface area (Å²) < 4.78 is 44.2. The van der Waals surface area contributed by atoms with Crippen LogP contribution in [0.1, 0.15) is 38.5 Å². The Bertz CT molecular complexity index is 1620. The normalized spacial score (nSPS) is 45.8. The molecule has 6 bridgehead atoms. The zero-order chi connectivity index (χ0) is 35.5. The number of hydrogen-bond acceptors (Lipinski definition) is 24. The van der Waals surface area contributed by atoms with E-state index in [0.29, 0.717) is 0 Å². The quantitative estimate of drug-likeness (QED) is 0.116. The van der Waals surface area contributed by atoms with E-state index in [2.05, 4.69) is 9.47 Å². The summed E-state index contributed by atoms with van der Waals surface area (Å²) in [6, 6.07) is 0. The van der Waals surface area contributed by atoms with Crippen molar-refractivity contribution in [1.29, 1.82) is 0 Å². The van der Waals surface area contributed by atoms with Gasteiger partial charge in [-0.15, -0.1) is 0 Å². The Balaban J connectivity index is 1.78. The molecule has 260 valence electrons. The predicted molar refractivity (Wildman–Crippen MR) is 123 cm³/mol. The van der Waals surface area contributed by atoms with Crippen LogP contribution in [0.3, 0.4) is 0 Å². The number of rotatable bonds is 2. The number of ether oxygens (including phenoxy) is 9. The average Bonchev–Trinajstić information content (AvgIpc) is 3.09. The zero-order valence-electron chi connectivity index (χ0n) is 23.5. The van der Waals surface area contributed by atoms with Crippen LogP contribution in [0, 0.1) is 0 Å². The first kappa shape index (κ1) is 32.9. The molecule has 0 radical (unpaired) electrons. The fourth-order valence-electron chi connectivity index (χ4n) is 5.85. The summed E-state index contributed by atoms with van der Waals surface area (Å²) in [5, 5.41) is 67.0. The van der Waals surface area contributed by atoms with Gasteiger partial charge in [0.15, 0.2) is 16.8 Å². The van der Waals surface area contributed by atoms with Gasteiger partial charge in [-0.3, -0.25) is 28.8 Å². The lowest BCUT2D eigenvalue weighted by molar-refractivity contribution is -0.555. The number of cyclic esters (lactones) is 1. The number of fused-ring (bicyclic) bond motifs is 11. The summed E-state index contributed by atoms with van der Waals surface area (Å²) in [4.78, 5) is 119. The van der Waals surface area contributed by atoms with Crippen LogP contribution in [-0.4, -0.2) is 137 Å². The Morgan fingerprint density at radius 2 is 0.771 bits per heavy atom. The second-order valence-corrected chi connectivity index (χ2v) is 11.5. The van der Waals surface area contributed by atoms with Crippen LogP contribution in [0.2, 0.25) is 0 Å². The van der Waals surface area contributed by atoms with Gasteiger partial charge in [-0.25, -0.2) is 14.4 Å². The smallest absolute Gasteiger partial charge is 0.415 e. The van der Waals surface area contributed by atoms with Gasteiger partial charge < -0.3 is 73.3 Å². The van der Waals surface area contributed by atoms with Crippen molar-refractivity contribution in [3.63, 3.8) is 0 Å². The topological polar surface area (TPSA) is 358 Å². The molecule has 0 aromatic rings. The number of carbonyl (C=O) groups is 9. The van der Waals surface area contributed by atoms with E-state index < -0.39 is 145 Å². The highest BCUT2D eigenvalue weighted by Gasteiger charge is 2.95. The molecule has 6 aliphatic rings. The van der Waals surface area contributed by atoms with Gasteiger partial charge in [-0.2, -0.15) is 0 Å². The van der Waals surface area contributed by atoms with E-state index >= 15 is 0 Å². The number of aliphatic hydroxyl groups excluding tert-OH is 1. The van der Waals surface area contributed by atoms with Crippen molar-refractivity contribution in [1.82, 2.24) is 0 Å². The van der Waals surface area contributed by atoms with Crippen molar-refractivity contribution in [2.24, 2.45) is 0 Å². The predicted octanol–water partition coefficient (Wildman–Crippen LogP) is -7.09. The van der Waals surface area contributed by atoms with E-state index in [1.54, 1.807) is 0 Å². The monoisotopic (exact) mass is 692 g/mol. The highest BCUT2D eigenvalue weighted by atomic mass is 16.9. The lowest BCUT2D eigenvalue weighted by atomic mass is 9.84. The first-order valence-electron chi connectivity index (χ1n) is 13.3. The van der Waals surface area contributed by atoms with Gasteiger partial charge in [0.2, 0.25) is 0 Å². The van der Waals surface area contributed by atoms with E-state index in [4.69, 9.17) is 33.2 Å². The van der Waals surface area contributed by atoms with E-state index in [1.807, 2.05) is 0 Å². The molecule has 6 N–H and O–H groups in total. The highest BCUT2D eigenvalue weighted by Crippen LogP contribution is 2.59. The maximum atomic E-state index is 13.6. The molecule has 48 heavy (non-hydrogen) atoms. The van der Waals surface area contributed by atoms with Gasteiger partial charge in [-0.1, -0.05) is 0 Å². The fraction of sp³-hybridized carbons (Fsp3) is 0.625. The van der Waals surface area contributed by atoms with E-state index in [-0.39, 0.29) is 0 Å². The van der Waals surface area contributed by atoms with Crippen molar-refractivity contribution in [3.8, 4) is 0 Å². The molecule has 6 saturated heterocycles. The molecule has 24 nitrogen and oxygen atoms in total. The molecular formula is C24H20O24. The zero-order valence-corrected chi connectivity index (χ0v) is 23.5. The van der Waals surface area contributed by atoms with Crippen LogP contribution in [0.25, 0.3) is 0 Å². The molecule has 0 aliphatic carbocycles. The molecule has 8 atom stereocenters. The molecular weight excluding hydrogens is 672 g/mol. The first-order valence-corrected chi connectivity index (χ1v) is 13.3. The molecule has 8 unspecified atom stereocenters. The molecule has 6 heterocycles. The summed E-state index contributed by atoms with van der Waals surface area (Å²) in [6.07, 6.45) is -9.74. The van der Waals surface area contributed by atoms with Crippen molar-refractivity contribution in [2.45, 2.75) is 84.4 Å². The standard InChI is InChI=1S/C24H20O24/c25-7-20-22(42-10(28)3-17(35,14(32)46-20)1-8(26)40-20)23(44-12(30)5-18(36,15(33)47-23)4-11(29)43-22)21(38)24(39)45-13(31)6-19(37,16(34)48-24)2-9(27)41-21/h25,35-39H,1-7H2. The number of esters is 9. The van der Waals surface area contributed by atoms with Gasteiger partial charge in [-0.05, 0) is 0 Å². The minimum absolute atomic E-state index is 1.49. The van der Waals surface area contributed by atoms with Crippen molar-refractivity contribution < 1.29 is 116 Å². The van der Waals surface area contributed by atoms with Gasteiger partial charge in [0.1, 0.15) is 6.61 Å². The van der Waals surface area contributed by atoms with Gasteiger partial charge in [0, 0.05) is 0 Å². The third kappa shape index (κ3) is 4.06. The third-order valence-electron chi connectivity index (χ3n) is 8.07. The third-order valence-corrected chi connectivity index (χ3v) is 8.07. The molecule has 0 saturated carbocycles. The Kier molecular flexibility index (Phi) is 6.54. The molecule has 0 aromatic heterocycles. The van der Waals surface area contributed by atoms with Crippen LogP contribution in [0.5, 0.6) is 0 Å². The fourth-order valence-corrected chi connectivity index (χ4v) is 5.85. The van der Waals surface area contributed by atoms with Gasteiger partial charge in [0.05, 0.1) is 38.5 Å². The SMILES string of the molecule is O=C1CC2(O)CC(=O)OC(O)(C34OC(=O)CC(O)(CC(=O)OC35OC(=O)CC3(O)CC(=O)OC5(CO)OC3=O)C(=O)O4)C(O)(O1)OC2=O. The lowest BCUT2D eigenvalue weighted by Gasteiger charge is -2.56. The molecule has 0 aromatic carbocycles. The number of hydrogen-bond donors (Lipinski definition) is 6. The van der Waals surface area contributed by atoms with Crippen LogP contribution < -0.4 is 0 Å². The average molecular weight is 692 g/mol. The summed E-state index contributed by atoms with van der Waals surface area (Å²) >= 11 is 0.